The number of benzene rings is 1. The van der Waals surface area contributed by atoms with E-state index in [1.165, 1.54) is 5.56 Å². The van der Waals surface area contributed by atoms with Gasteiger partial charge in [-0.05, 0) is 62.5 Å². The van der Waals surface area contributed by atoms with E-state index in [9.17, 15) is 9.59 Å². The number of rotatable bonds is 0. The molecule has 1 spiro atoms. The van der Waals surface area contributed by atoms with Crippen LogP contribution in [0.15, 0.2) is 24.3 Å². The van der Waals surface area contributed by atoms with E-state index in [0.29, 0.717) is 25.5 Å². The standard InChI is InChI=1S/C23H30N2O4/c26-21-10-12-23(24-21)11-3-13-25-20(23)14-28-17-8-6-16(7-9-17)18-4-1-2-5-19(18)29-15-22(25)27/h1-2,4-5,16-17,20H,3,6-15H2,(H,24,26). The van der Waals surface area contributed by atoms with Crippen molar-refractivity contribution in [3.63, 3.8) is 0 Å². The Kier molecular flexibility index (Phi) is 4.98. The molecule has 2 amide bonds. The van der Waals surface area contributed by atoms with E-state index < -0.39 is 0 Å². The summed E-state index contributed by atoms with van der Waals surface area (Å²) < 4.78 is 12.4. The number of nitrogens with one attached hydrogen (secondary N) is 1. The van der Waals surface area contributed by atoms with Gasteiger partial charge in [0.05, 0.1) is 24.3 Å². The van der Waals surface area contributed by atoms with Gasteiger partial charge >= 0.3 is 0 Å². The molecule has 6 heteroatoms. The van der Waals surface area contributed by atoms with Crippen LogP contribution in [0.25, 0.3) is 0 Å². The predicted molar refractivity (Wildman–Crippen MR) is 108 cm³/mol. The molecule has 156 valence electrons. The third-order valence-corrected chi connectivity index (χ3v) is 7.42. The summed E-state index contributed by atoms with van der Waals surface area (Å²) in [5.41, 5.74) is 0.869. The van der Waals surface area contributed by atoms with Gasteiger partial charge in [-0.25, -0.2) is 0 Å². The maximum Gasteiger partial charge on any atom is 0.260 e. The highest BCUT2D eigenvalue weighted by atomic mass is 16.5. The lowest BCUT2D eigenvalue weighted by Gasteiger charge is -2.48. The van der Waals surface area contributed by atoms with Crippen molar-refractivity contribution >= 4 is 11.8 Å². The Morgan fingerprint density at radius 2 is 1.90 bits per heavy atom. The van der Waals surface area contributed by atoms with Crippen molar-refractivity contribution in [2.45, 2.75) is 75.0 Å². The van der Waals surface area contributed by atoms with Crippen molar-refractivity contribution in [2.75, 3.05) is 19.8 Å². The van der Waals surface area contributed by atoms with E-state index >= 15 is 0 Å². The van der Waals surface area contributed by atoms with Crippen molar-refractivity contribution < 1.29 is 19.1 Å². The van der Waals surface area contributed by atoms with Crippen LogP contribution in [0.5, 0.6) is 5.75 Å². The fraction of sp³-hybridized carbons (Fsp3) is 0.652. The molecule has 5 aliphatic rings. The van der Waals surface area contributed by atoms with Crippen molar-refractivity contribution in [3.05, 3.63) is 29.8 Å². The molecule has 2 unspecified atom stereocenters. The molecule has 0 aromatic heterocycles. The lowest BCUT2D eigenvalue weighted by molar-refractivity contribution is -0.144. The van der Waals surface area contributed by atoms with Crippen molar-refractivity contribution in [3.8, 4) is 5.75 Å². The monoisotopic (exact) mass is 398 g/mol. The minimum absolute atomic E-state index is 0.0137. The molecular weight excluding hydrogens is 368 g/mol. The first-order valence-electron chi connectivity index (χ1n) is 11.1. The lowest BCUT2D eigenvalue weighted by atomic mass is 9.79. The van der Waals surface area contributed by atoms with E-state index in [2.05, 4.69) is 17.4 Å². The molecule has 1 saturated carbocycles. The molecule has 4 aliphatic heterocycles. The summed E-state index contributed by atoms with van der Waals surface area (Å²) in [6, 6.07) is 8.03. The number of hydrogen-bond acceptors (Lipinski definition) is 4. The van der Waals surface area contributed by atoms with Gasteiger partial charge in [0.15, 0.2) is 6.61 Å². The number of nitrogens with zero attached hydrogens (tertiary/aromatic N) is 1. The average Bonchev–Trinajstić information content (AvgIpc) is 3.12. The van der Waals surface area contributed by atoms with E-state index in [-0.39, 0.29) is 36.1 Å². The Labute approximate surface area is 171 Å². The molecule has 2 bridgehead atoms. The largest absolute Gasteiger partial charge is 0.483 e. The van der Waals surface area contributed by atoms with Crippen LogP contribution < -0.4 is 10.1 Å². The topological polar surface area (TPSA) is 67.9 Å². The van der Waals surface area contributed by atoms with Crippen LogP contribution in [0.2, 0.25) is 0 Å². The first-order valence-corrected chi connectivity index (χ1v) is 11.1. The summed E-state index contributed by atoms with van der Waals surface area (Å²) in [6.45, 7) is 1.23. The molecule has 1 aromatic carbocycles. The molecule has 2 atom stereocenters. The van der Waals surface area contributed by atoms with Gasteiger partial charge in [0.2, 0.25) is 5.91 Å². The van der Waals surface area contributed by atoms with Crippen LogP contribution in [0.1, 0.15) is 62.8 Å². The van der Waals surface area contributed by atoms with Crippen LogP contribution in [-0.4, -0.2) is 54.2 Å². The Bertz CT molecular complexity index is 789. The average molecular weight is 399 g/mol. The predicted octanol–water partition coefficient (Wildman–Crippen LogP) is 2.76. The summed E-state index contributed by atoms with van der Waals surface area (Å²) in [6.07, 6.45) is 7.56. The van der Waals surface area contributed by atoms with Crippen LogP contribution in [0.4, 0.5) is 0 Å². The molecule has 4 heterocycles. The highest BCUT2D eigenvalue weighted by Gasteiger charge is 2.50. The zero-order chi connectivity index (χ0) is 19.8. The van der Waals surface area contributed by atoms with Gasteiger partial charge in [-0.3, -0.25) is 9.59 Å². The van der Waals surface area contributed by atoms with Gasteiger partial charge in [0.1, 0.15) is 5.75 Å². The number of carbonyl (C=O) groups excluding carboxylic acids is 2. The maximum atomic E-state index is 13.2. The molecule has 1 aromatic rings. The molecule has 6 nitrogen and oxygen atoms in total. The second-order valence-corrected chi connectivity index (χ2v) is 9.04. The van der Waals surface area contributed by atoms with Gasteiger partial charge in [-0.15, -0.1) is 0 Å². The molecule has 3 fully saturated rings. The third kappa shape index (κ3) is 3.52. The van der Waals surface area contributed by atoms with E-state index in [1.54, 1.807) is 0 Å². The smallest absolute Gasteiger partial charge is 0.260 e. The summed E-state index contributed by atoms with van der Waals surface area (Å²) in [4.78, 5) is 27.2. The van der Waals surface area contributed by atoms with Crippen LogP contribution >= 0.6 is 0 Å². The second kappa shape index (κ2) is 7.63. The summed E-state index contributed by atoms with van der Waals surface area (Å²) >= 11 is 0. The molecular formula is C23H30N2O4. The fourth-order valence-electron chi connectivity index (χ4n) is 5.85. The number of amides is 2. The minimum Gasteiger partial charge on any atom is -0.483 e. The summed E-state index contributed by atoms with van der Waals surface area (Å²) in [5.74, 6) is 1.37. The number of carbonyl (C=O) groups is 2. The Hall–Kier alpha value is -2.08. The normalized spacial score (nSPS) is 35.0. The lowest BCUT2D eigenvalue weighted by Crippen LogP contribution is -2.65. The minimum atomic E-state index is -0.347. The van der Waals surface area contributed by atoms with Gasteiger partial charge in [0, 0.05) is 13.0 Å². The molecule has 1 aliphatic carbocycles. The highest BCUT2D eigenvalue weighted by molar-refractivity contribution is 5.81. The van der Waals surface area contributed by atoms with Gasteiger partial charge in [-0.2, -0.15) is 0 Å². The fourth-order valence-corrected chi connectivity index (χ4v) is 5.85. The highest BCUT2D eigenvalue weighted by Crippen LogP contribution is 2.40. The van der Waals surface area contributed by atoms with Gasteiger partial charge in [0.25, 0.3) is 5.91 Å². The van der Waals surface area contributed by atoms with E-state index in [4.69, 9.17) is 9.47 Å². The zero-order valence-corrected chi connectivity index (χ0v) is 16.9. The maximum absolute atomic E-state index is 13.2. The van der Waals surface area contributed by atoms with E-state index in [0.717, 1.165) is 50.7 Å². The Morgan fingerprint density at radius 3 is 2.69 bits per heavy atom. The van der Waals surface area contributed by atoms with Crippen molar-refractivity contribution in [1.29, 1.82) is 0 Å². The quantitative estimate of drug-likeness (QED) is 0.730. The number of fused-ring (bicyclic) bond motifs is 5. The molecule has 2 saturated heterocycles. The van der Waals surface area contributed by atoms with Gasteiger partial charge < -0.3 is 19.7 Å². The Morgan fingerprint density at radius 1 is 1.07 bits per heavy atom. The summed E-state index contributed by atoms with van der Waals surface area (Å²) in [7, 11) is 0. The molecule has 1 N–H and O–H groups in total. The summed E-state index contributed by atoms with van der Waals surface area (Å²) in [5, 5.41) is 3.22. The van der Waals surface area contributed by atoms with Crippen molar-refractivity contribution in [1.82, 2.24) is 10.2 Å². The molecule has 29 heavy (non-hydrogen) atoms. The first-order chi connectivity index (χ1) is 14.1. The molecule has 6 rings (SSSR count). The van der Waals surface area contributed by atoms with Crippen LogP contribution in [0, 0.1) is 0 Å². The Balaban J connectivity index is 1.46. The molecule has 0 radical (unpaired) electrons. The van der Waals surface area contributed by atoms with Crippen molar-refractivity contribution in [2.24, 2.45) is 0 Å². The first kappa shape index (κ1) is 18.9. The van der Waals surface area contributed by atoms with E-state index in [1.807, 2.05) is 17.0 Å². The number of para-hydroxylation sites is 1. The number of hydrogen-bond donors (Lipinski definition) is 1. The van der Waals surface area contributed by atoms with Crippen LogP contribution in [-0.2, 0) is 14.3 Å². The third-order valence-electron chi connectivity index (χ3n) is 7.42. The zero-order valence-electron chi connectivity index (χ0n) is 16.9. The van der Waals surface area contributed by atoms with Gasteiger partial charge in [-0.1, -0.05) is 18.2 Å². The number of piperidine rings is 1. The number of ether oxygens (including phenoxy) is 2. The second-order valence-electron chi connectivity index (χ2n) is 9.04. The van der Waals surface area contributed by atoms with Crippen LogP contribution in [0.3, 0.4) is 0 Å². The SMILES string of the molecule is O=C1CCC2(CCCN3C(=O)COc4ccccc4C4CCC(CC4)OCC32)N1.